The van der Waals surface area contributed by atoms with Crippen LogP contribution in [0.4, 0.5) is 4.39 Å². The van der Waals surface area contributed by atoms with Crippen LogP contribution in [0.5, 0.6) is 5.75 Å². The molecular weight excluding hydrogens is 271 g/mol. The predicted molar refractivity (Wildman–Crippen MR) is 79.1 cm³/mol. The third-order valence-electron chi connectivity index (χ3n) is 3.42. The van der Waals surface area contributed by atoms with Crippen molar-refractivity contribution >= 4 is 5.97 Å². The first-order chi connectivity index (χ1) is 10.0. The molecule has 0 radical (unpaired) electrons. The van der Waals surface area contributed by atoms with Gasteiger partial charge in [-0.1, -0.05) is 37.3 Å². The molecule has 1 unspecified atom stereocenters. The summed E-state index contributed by atoms with van der Waals surface area (Å²) in [4.78, 5) is 10.8. The minimum atomic E-state index is -0.830. The van der Waals surface area contributed by atoms with Gasteiger partial charge in [0.25, 0.3) is 0 Å². The first-order valence-electron chi connectivity index (χ1n) is 6.67. The zero-order valence-electron chi connectivity index (χ0n) is 12.0. The van der Waals surface area contributed by atoms with Gasteiger partial charge in [0, 0.05) is 0 Å². The largest absolute Gasteiger partial charge is 0.494 e. The summed E-state index contributed by atoms with van der Waals surface area (Å²) in [6.07, 6.45) is 0.0699. The van der Waals surface area contributed by atoms with Gasteiger partial charge in [0.2, 0.25) is 0 Å². The number of halogens is 1. The third kappa shape index (κ3) is 3.60. The van der Waals surface area contributed by atoms with Crippen LogP contribution < -0.4 is 4.74 Å². The quantitative estimate of drug-likeness (QED) is 0.901. The minimum absolute atomic E-state index is 0.0699. The Balaban J connectivity index is 2.32. The van der Waals surface area contributed by atoms with Gasteiger partial charge in [-0.25, -0.2) is 4.39 Å². The Morgan fingerprint density at radius 3 is 2.57 bits per heavy atom. The maximum absolute atomic E-state index is 13.8. The molecule has 0 aliphatic heterocycles. The van der Waals surface area contributed by atoms with Crippen molar-refractivity contribution in [2.45, 2.75) is 19.3 Å². The van der Waals surface area contributed by atoms with Crippen LogP contribution in [0.25, 0.3) is 11.1 Å². The first kappa shape index (κ1) is 15.0. The van der Waals surface area contributed by atoms with E-state index in [9.17, 15) is 9.18 Å². The molecule has 110 valence electrons. The van der Waals surface area contributed by atoms with E-state index in [4.69, 9.17) is 9.84 Å². The molecule has 0 saturated heterocycles. The van der Waals surface area contributed by atoms with Gasteiger partial charge in [0.1, 0.15) is 0 Å². The lowest BCUT2D eigenvalue weighted by Gasteiger charge is -2.11. The van der Waals surface area contributed by atoms with E-state index in [0.717, 1.165) is 16.7 Å². The number of benzene rings is 2. The van der Waals surface area contributed by atoms with Crippen molar-refractivity contribution in [2.24, 2.45) is 0 Å². The Morgan fingerprint density at radius 1 is 1.24 bits per heavy atom. The van der Waals surface area contributed by atoms with Crippen molar-refractivity contribution in [1.29, 1.82) is 0 Å². The number of carbonyl (C=O) groups is 1. The molecular formula is C17H17FO3. The van der Waals surface area contributed by atoms with Crippen LogP contribution in [0.1, 0.15) is 24.8 Å². The number of ether oxygens (including phenoxy) is 1. The van der Waals surface area contributed by atoms with Gasteiger partial charge in [-0.05, 0) is 34.7 Å². The summed E-state index contributed by atoms with van der Waals surface area (Å²) >= 11 is 0. The summed E-state index contributed by atoms with van der Waals surface area (Å²) in [7, 11) is 1.42. The lowest BCUT2D eigenvalue weighted by atomic mass is 9.94. The third-order valence-corrected chi connectivity index (χ3v) is 3.42. The molecule has 1 N–H and O–H groups in total. The van der Waals surface area contributed by atoms with Crippen LogP contribution in [-0.4, -0.2) is 18.2 Å². The molecule has 4 heteroatoms. The SMILES string of the molecule is COc1ccc(-c2cccc(C(C)CC(=O)O)c2)cc1F. The van der Waals surface area contributed by atoms with Crippen molar-refractivity contribution < 1.29 is 19.0 Å². The number of hydrogen-bond donors (Lipinski definition) is 1. The average molecular weight is 288 g/mol. The van der Waals surface area contributed by atoms with Crippen molar-refractivity contribution in [1.82, 2.24) is 0 Å². The molecule has 2 rings (SSSR count). The van der Waals surface area contributed by atoms with Crippen LogP contribution in [0.2, 0.25) is 0 Å². The van der Waals surface area contributed by atoms with Gasteiger partial charge in [-0.3, -0.25) is 4.79 Å². The number of hydrogen-bond acceptors (Lipinski definition) is 2. The maximum Gasteiger partial charge on any atom is 0.303 e. The van der Waals surface area contributed by atoms with Gasteiger partial charge in [0.15, 0.2) is 11.6 Å². The highest BCUT2D eigenvalue weighted by molar-refractivity contribution is 5.69. The van der Waals surface area contributed by atoms with Crippen LogP contribution >= 0.6 is 0 Å². The Morgan fingerprint density at radius 2 is 1.95 bits per heavy atom. The number of carboxylic acid groups (broad SMARTS) is 1. The summed E-state index contributed by atoms with van der Waals surface area (Å²) in [5.74, 6) is -1.14. The molecule has 0 amide bonds. The summed E-state index contributed by atoms with van der Waals surface area (Å²) in [5, 5.41) is 8.86. The fourth-order valence-electron chi connectivity index (χ4n) is 2.25. The van der Waals surface area contributed by atoms with E-state index in [0.29, 0.717) is 0 Å². The Bertz CT molecular complexity index is 652. The molecule has 2 aromatic carbocycles. The molecule has 0 aromatic heterocycles. The van der Waals surface area contributed by atoms with Crippen molar-refractivity contribution in [3.63, 3.8) is 0 Å². The van der Waals surface area contributed by atoms with Crippen molar-refractivity contribution in [3.05, 3.63) is 53.8 Å². The van der Waals surface area contributed by atoms with E-state index >= 15 is 0 Å². The number of aliphatic carboxylic acids is 1. The highest BCUT2D eigenvalue weighted by atomic mass is 19.1. The second-order valence-corrected chi connectivity index (χ2v) is 4.97. The van der Waals surface area contributed by atoms with Crippen LogP contribution in [0.15, 0.2) is 42.5 Å². The molecule has 0 bridgehead atoms. The Hall–Kier alpha value is -2.36. The highest BCUT2D eigenvalue weighted by Gasteiger charge is 2.11. The normalized spacial score (nSPS) is 12.0. The molecule has 0 fully saturated rings. The lowest BCUT2D eigenvalue weighted by molar-refractivity contribution is -0.137. The van der Waals surface area contributed by atoms with Crippen LogP contribution in [0, 0.1) is 5.82 Å². The van der Waals surface area contributed by atoms with Gasteiger partial charge in [-0.15, -0.1) is 0 Å². The van der Waals surface area contributed by atoms with E-state index in [1.54, 1.807) is 12.1 Å². The zero-order chi connectivity index (χ0) is 15.4. The van der Waals surface area contributed by atoms with Crippen molar-refractivity contribution in [2.75, 3.05) is 7.11 Å². The predicted octanol–water partition coefficient (Wildman–Crippen LogP) is 4.08. The topological polar surface area (TPSA) is 46.5 Å². The monoisotopic (exact) mass is 288 g/mol. The molecule has 1 atom stereocenters. The molecule has 0 spiro atoms. The van der Waals surface area contributed by atoms with Gasteiger partial charge < -0.3 is 9.84 Å². The van der Waals surface area contributed by atoms with Crippen molar-refractivity contribution in [3.8, 4) is 16.9 Å². The lowest BCUT2D eigenvalue weighted by Crippen LogP contribution is -2.02. The van der Waals surface area contributed by atoms with Gasteiger partial charge in [0.05, 0.1) is 13.5 Å². The smallest absolute Gasteiger partial charge is 0.303 e. The van der Waals surface area contributed by atoms with Gasteiger partial charge in [-0.2, -0.15) is 0 Å². The molecule has 0 saturated carbocycles. The number of carboxylic acids is 1. The Kier molecular flexibility index (Phi) is 4.58. The fraction of sp³-hybridized carbons (Fsp3) is 0.235. The van der Waals surface area contributed by atoms with Crippen LogP contribution in [-0.2, 0) is 4.79 Å². The van der Waals surface area contributed by atoms with Crippen LogP contribution in [0.3, 0.4) is 0 Å². The molecule has 2 aromatic rings. The molecule has 0 heterocycles. The highest BCUT2D eigenvalue weighted by Crippen LogP contribution is 2.28. The second-order valence-electron chi connectivity index (χ2n) is 4.97. The first-order valence-corrected chi connectivity index (χ1v) is 6.67. The number of rotatable bonds is 5. The molecule has 0 aliphatic carbocycles. The van der Waals surface area contributed by atoms with E-state index in [2.05, 4.69) is 0 Å². The Labute approximate surface area is 123 Å². The summed E-state index contributed by atoms with van der Waals surface area (Å²) < 4.78 is 18.7. The number of methoxy groups -OCH3 is 1. The molecule has 3 nitrogen and oxygen atoms in total. The molecule has 21 heavy (non-hydrogen) atoms. The second kappa shape index (κ2) is 6.39. The standard InChI is InChI=1S/C17H17FO3/c1-11(8-17(19)20)12-4-3-5-13(9-12)14-6-7-16(21-2)15(18)10-14/h3-7,9-11H,8H2,1-2H3,(H,19,20). The van der Waals surface area contributed by atoms with E-state index < -0.39 is 11.8 Å². The van der Waals surface area contributed by atoms with E-state index in [1.807, 2.05) is 31.2 Å². The van der Waals surface area contributed by atoms with E-state index in [1.165, 1.54) is 13.2 Å². The summed E-state index contributed by atoms with van der Waals surface area (Å²) in [6.45, 7) is 1.86. The minimum Gasteiger partial charge on any atom is -0.494 e. The summed E-state index contributed by atoms with van der Waals surface area (Å²) in [6, 6.07) is 12.3. The molecule has 0 aliphatic rings. The average Bonchev–Trinajstić information content (AvgIpc) is 2.46. The summed E-state index contributed by atoms with van der Waals surface area (Å²) in [5.41, 5.74) is 2.51. The van der Waals surface area contributed by atoms with Gasteiger partial charge >= 0.3 is 5.97 Å². The zero-order valence-corrected chi connectivity index (χ0v) is 12.0. The van der Waals surface area contributed by atoms with E-state index in [-0.39, 0.29) is 18.1 Å². The fourth-order valence-corrected chi connectivity index (χ4v) is 2.25. The maximum atomic E-state index is 13.8.